The number of likely N-dealkylation sites (tertiary alicyclic amines) is 1. The van der Waals surface area contributed by atoms with Crippen LogP contribution in [0.5, 0.6) is 11.5 Å². The Labute approximate surface area is 482 Å². The van der Waals surface area contributed by atoms with Gasteiger partial charge in [0.05, 0.1) is 5.92 Å². The largest absolute Gasteiger partial charge is 0.481 e. The fourth-order valence-corrected chi connectivity index (χ4v) is 15.8. The number of aryl methyl sites for hydroxylation is 6. The molecule has 448 valence electrons. The Balaban J connectivity index is 0.000000187. The Morgan fingerprint density at radius 2 is 1.05 bits per heavy atom. The van der Waals surface area contributed by atoms with Crippen molar-refractivity contribution in [2.45, 2.75) is 185 Å². The van der Waals surface area contributed by atoms with Gasteiger partial charge in [-0.15, -0.1) is 0 Å². The quantitative estimate of drug-likeness (QED) is 0.0789. The molecule has 20 heteroatoms. The van der Waals surface area contributed by atoms with Gasteiger partial charge in [-0.3, -0.25) is 19.4 Å². The summed E-state index contributed by atoms with van der Waals surface area (Å²) in [5.74, 6) is 2.44. The Hall–Kier alpha value is -4.86. The van der Waals surface area contributed by atoms with Crippen LogP contribution in [0, 0.1) is 51.4 Å². The fraction of sp³-hybridized carbons (Fsp3) is 0.672. The molecule has 81 heavy (non-hydrogen) atoms. The molecule has 1 amide bonds. The lowest BCUT2D eigenvalue weighted by Crippen LogP contribution is -2.47. The minimum absolute atomic E-state index is 0.000662. The Bertz CT molecular complexity index is 2880. The van der Waals surface area contributed by atoms with Gasteiger partial charge in [-0.25, -0.2) is 0 Å². The molecule has 2 aromatic heterocycles. The highest BCUT2D eigenvalue weighted by molar-refractivity contribution is 7.87. The number of hydrogen-bond acceptors (Lipinski definition) is 16. The SMILES string of the molecule is CCCN(CC1CCN(C(=O)C2CCNCC2)CC1)C1CCc2ccc(OS(=O)(=O)c3c(C)noc3C)cc2C1.CCCN(CC1CCNCC1)C1CCc2ccc(OS(=O)(=O)c3c(C)noc3C)cc2C1.O=C(O)C1CCCCC1. The Morgan fingerprint density at radius 3 is 1.46 bits per heavy atom. The number of aromatic nitrogens is 2. The summed E-state index contributed by atoms with van der Waals surface area (Å²) in [4.78, 5) is 30.8. The topological polar surface area (TPSA) is 227 Å². The van der Waals surface area contributed by atoms with Crippen molar-refractivity contribution in [3.8, 4) is 11.5 Å². The highest BCUT2D eigenvalue weighted by atomic mass is 32.2. The average Bonchev–Trinajstić information content (AvgIpc) is 4.13. The molecule has 0 spiro atoms. The number of nitrogens with one attached hydrogen (secondary N) is 2. The summed E-state index contributed by atoms with van der Waals surface area (Å²) < 4.78 is 72.6. The fourth-order valence-electron chi connectivity index (χ4n) is 13.3. The second kappa shape index (κ2) is 29.1. The number of carboxylic acids is 1. The molecule has 3 N–H and O–H groups in total. The zero-order valence-corrected chi connectivity index (χ0v) is 50.6. The van der Waals surface area contributed by atoms with E-state index in [2.05, 4.69) is 49.5 Å². The van der Waals surface area contributed by atoms with Crippen molar-refractivity contribution in [3.05, 3.63) is 81.6 Å². The molecule has 4 aromatic rings. The van der Waals surface area contributed by atoms with E-state index in [0.29, 0.717) is 46.8 Å². The van der Waals surface area contributed by atoms with Gasteiger partial charge in [0, 0.05) is 44.2 Å². The van der Waals surface area contributed by atoms with Gasteiger partial charge in [-0.05, 0) is 228 Å². The van der Waals surface area contributed by atoms with E-state index in [-0.39, 0.29) is 33.1 Å². The summed E-state index contributed by atoms with van der Waals surface area (Å²) in [5.41, 5.74) is 5.52. The summed E-state index contributed by atoms with van der Waals surface area (Å²) in [7, 11) is -8.02. The zero-order chi connectivity index (χ0) is 57.7. The molecule has 1 saturated carbocycles. The second-order valence-corrected chi connectivity index (χ2v) is 26.7. The summed E-state index contributed by atoms with van der Waals surface area (Å²) in [6.45, 7) is 21.1. The molecule has 2 aromatic carbocycles. The van der Waals surface area contributed by atoms with Crippen molar-refractivity contribution in [2.75, 3.05) is 65.4 Å². The number of aliphatic carboxylic acids is 1. The molecular weight excluding hydrogens is 1070 g/mol. The van der Waals surface area contributed by atoms with Gasteiger partial charge in [0.15, 0.2) is 21.3 Å². The van der Waals surface area contributed by atoms with Crippen LogP contribution in [0.25, 0.3) is 0 Å². The first kappa shape index (κ1) is 62.2. The van der Waals surface area contributed by atoms with E-state index in [1.807, 2.05) is 24.3 Å². The number of carboxylic acid groups (broad SMARTS) is 1. The zero-order valence-electron chi connectivity index (χ0n) is 49.0. The number of benzene rings is 2. The molecule has 2 atom stereocenters. The standard InChI is InChI=1S/C30H44N4O5S.C24H35N3O4S.C7H12O2/c1-4-15-34(20-23-11-16-33(17-12-23)30(35)25-9-13-31-14-10-25)27-7-5-24-6-8-28(19-26(24)18-27)39-40(36,37)29-21(2)32-38-22(29)3;1-4-13-27(16-19-9-11-25-12-10-19)22-7-5-20-6-8-23(15-21(20)14-22)31-32(28,29)24-17(2)26-30-18(24)3;8-7(9)6-4-2-1-3-5-6/h6,8,19,23,25,27,31H,4-5,7,9-18,20H2,1-3H3;6,8,15,19,22,25H,4-5,7,9-14,16H2,1-3H3;6H,1-5H2,(H,8,9). The lowest BCUT2D eigenvalue weighted by atomic mass is 9.86. The van der Waals surface area contributed by atoms with Gasteiger partial charge in [-0.2, -0.15) is 16.8 Å². The minimum Gasteiger partial charge on any atom is -0.481 e. The number of piperidine rings is 3. The lowest BCUT2D eigenvalue weighted by Gasteiger charge is -2.40. The van der Waals surface area contributed by atoms with E-state index in [9.17, 15) is 26.4 Å². The van der Waals surface area contributed by atoms with Crippen LogP contribution in [-0.4, -0.2) is 136 Å². The van der Waals surface area contributed by atoms with Gasteiger partial charge in [0.2, 0.25) is 5.91 Å². The molecule has 6 aliphatic rings. The van der Waals surface area contributed by atoms with Crippen LogP contribution in [0.2, 0.25) is 0 Å². The van der Waals surface area contributed by atoms with Crippen molar-refractivity contribution in [1.29, 1.82) is 0 Å². The van der Waals surface area contributed by atoms with Gasteiger partial charge in [0.1, 0.15) is 22.9 Å². The van der Waals surface area contributed by atoms with E-state index in [4.69, 9.17) is 22.5 Å². The molecule has 3 aliphatic carbocycles. The number of carbonyl (C=O) groups excluding carboxylic acids is 1. The molecule has 4 fully saturated rings. The number of amides is 1. The number of hydrogen-bond donors (Lipinski definition) is 3. The molecule has 0 bridgehead atoms. The van der Waals surface area contributed by atoms with Gasteiger partial charge < -0.3 is 38.1 Å². The van der Waals surface area contributed by atoms with Crippen molar-refractivity contribution in [1.82, 2.24) is 35.6 Å². The van der Waals surface area contributed by atoms with Crippen LogP contribution in [0.1, 0.15) is 155 Å². The minimum atomic E-state index is -4.03. The van der Waals surface area contributed by atoms with Crippen LogP contribution in [0.3, 0.4) is 0 Å². The first-order chi connectivity index (χ1) is 38.9. The van der Waals surface area contributed by atoms with Crippen LogP contribution in [0.15, 0.2) is 55.2 Å². The normalized spacial score (nSPS) is 20.6. The molecule has 3 saturated heterocycles. The smallest absolute Gasteiger partial charge is 0.344 e. The van der Waals surface area contributed by atoms with E-state index in [0.717, 1.165) is 180 Å². The molecule has 10 rings (SSSR count). The molecule has 5 heterocycles. The van der Waals surface area contributed by atoms with Gasteiger partial charge in [0.25, 0.3) is 0 Å². The molecular formula is C61H91N7O11S2. The monoisotopic (exact) mass is 1160 g/mol. The second-order valence-electron chi connectivity index (χ2n) is 23.7. The molecule has 2 unspecified atom stereocenters. The lowest BCUT2D eigenvalue weighted by molar-refractivity contribution is -0.142. The third kappa shape index (κ3) is 16.7. The maximum absolute atomic E-state index is 13.0. The van der Waals surface area contributed by atoms with E-state index >= 15 is 0 Å². The Kier molecular flexibility index (Phi) is 22.3. The molecule has 3 aliphatic heterocycles. The summed E-state index contributed by atoms with van der Waals surface area (Å²) in [5, 5.41) is 22.9. The first-order valence-electron chi connectivity index (χ1n) is 30.3. The molecule has 18 nitrogen and oxygen atoms in total. The summed E-state index contributed by atoms with van der Waals surface area (Å²) >= 11 is 0. The summed E-state index contributed by atoms with van der Waals surface area (Å²) in [6, 6.07) is 12.2. The highest BCUT2D eigenvalue weighted by Gasteiger charge is 2.34. The van der Waals surface area contributed by atoms with Gasteiger partial charge >= 0.3 is 26.2 Å². The van der Waals surface area contributed by atoms with Crippen molar-refractivity contribution in [2.24, 2.45) is 23.7 Å². The maximum Gasteiger partial charge on any atom is 0.344 e. The van der Waals surface area contributed by atoms with E-state index in [1.54, 1.807) is 39.8 Å². The Morgan fingerprint density at radius 1 is 0.605 bits per heavy atom. The van der Waals surface area contributed by atoms with Crippen LogP contribution < -0.4 is 19.0 Å². The maximum atomic E-state index is 13.0. The van der Waals surface area contributed by atoms with E-state index < -0.39 is 26.2 Å². The average molecular weight is 1160 g/mol. The van der Waals surface area contributed by atoms with Crippen molar-refractivity contribution >= 4 is 32.1 Å². The van der Waals surface area contributed by atoms with Crippen molar-refractivity contribution in [3.63, 3.8) is 0 Å². The predicted octanol–water partition coefficient (Wildman–Crippen LogP) is 9.15. The predicted molar refractivity (Wildman–Crippen MR) is 311 cm³/mol. The van der Waals surface area contributed by atoms with Crippen LogP contribution in [0.4, 0.5) is 0 Å². The number of fused-ring (bicyclic) bond motifs is 2. The summed E-state index contributed by atoms with van der Waals surface area (Å²) in [6.07, 6.45) is 20.1. The number of rotatable bonds is 18. The number of carbonyl (C=O) groups is 2. The third-order valence-corrected chi connectivity index (χ3v) is 20.7. The van der Waals surface area contributed by atoms with Crippen molar-refractivity contribution < 1.29 is 48.9 Å². The van der Waals surface area contributed by atoms with Crippen LogP contribution in [-0.2, 0) is 55.5 Å². The van der Waals surface area contributed by atoms with Crippen LogP contribution >= 0.6 is 0 Å². The molecule has 0 radical (unpaired) electrons. The highest BCUT2D eigenvalue weighted by Crippen LogP contribution is 2.34. The third-order valence-electron chi connectivity index (χ3n) is 17.7. The first-order valence-corrected chi connectivity index (χ1v) is 33.1. The van der Waals surface area contributed by atoms with Gasteiger partial charge in [-0.1, -0.05) is 55.6 Å². The van der Waals surface area contributed by atoms with E-state index in [1.165, 1.54) is 36.0 Å². The number of nitrogens with zero attached hydrogens (tertiary/aromatic N) is 5.